The summed E-state index contributed by atoms with van der Waals surface area (Å²) in [7, 11) is 0. The van der Waals surface area contributed by atoms with Crippen LogP contribution in [0.1, 0.15) is 30.3 Å². The van der Waals surface area contributed by atoms with Gasteiger partial charge in [-0.3, -0.25) is 4.79 Å². The maximum absolute atomic E-state index is 12.7. The minimum Gasteiger partial charge on any atom is -0.480 e. The van der Waals surface area contributed by atoms with Gasteiger partial charge in [-0.15, -0.1) is 0 Å². The summed E-state index contributed by atoms with van der Waals surface area (Å²) < 4.78 is 11.6. The molecule has 0 bridgehead atoms. The highest BCUT2D eigenvalue weighted by atomic mass is 35.5. The van der Waals surface area contributed by atoms with Crippen molar-refractivity contribution in [1.29, 1.82) is 0 Å². The molecule has 2 aliphatic rings. The second kappa shape index (κ2) is 8.94. The molecule has 1 saturated heterocycles. The van der Waals surface area contributed by atoms with E-state index >= 15 is 0 Å². The average Bonchev–Trinajstić information content (AvgIpc) is 3.38. The van der Waals surface area contributed by atoms with Crippen LogP contribution in [0.4, 0.5) is 0 Å². The maximum Gasteiger partial charge on any atom is 0.261 e. The first-order valence-electron chi connectivity index (χ1n) is 10.8. The first-order chi connectivity index (χ1) is 15.4. The van der Waals surface area contributed by atoms with Gasteiger partial charge in [0.05, 0.1) is 0 Å². The molecule has 1 aromatic heterocycles. The smallest absolute Gasteiger partial charge is 0.261 e. The molecular weight excluding hydrogens is 451 g/mol. The Balaban J connectivity index is 1.10. The van der Waals surface area contributed by atoms with E-state index in [4.69, 9.17) is 32.4 Å². The lowest BCUT2D eigenvalue weighted by molar-refractivity contribution is -0.128. The molecule has 3 aromatic rings. The van der Waals surface area contributed by atoms with Crippen molar-refractivity contribution in [3.63, 3.8) is 0 Å². The van der Waals surface area contributed by atoms with Crippen molar-refractivity contribution in [3.05, 3.63) is 63.8 Å². The Hall–Kier alpha value is -2.25. The summed E-state index contributed by atoms with van der Waals surface area (Å²) in [6.45, 7) is 2.06. The van der Waals surface area contributed by atoms with Crippen molar-refractivity contribution in [3.8, 4) is 5.75 Å². The number of carbonyl (C=O) groups is 1. The quantitative estimate of drug-likeness (QED) is 0.574. The molecule has 168 valence electrons. The van der Waals surface area contributed by atoms with Crippen LogP contribution in [0.2, 0.25) is 10.0 Å². The minimum absolute atomic E-state index is 0.0863. The van der Waals surface area contributed by atoms with Gasteiger partial charge in [0.2, 0.25) is 0 Å². The summed E-state index contributed by atoms with van der Waals surface area (Å²) in [5, 5.41) is 15.9. The molecular formula is C24H24Cl2N2O4. The van der Waals surface area contributed by atoms with E-state index in [-0.39, 0.29) is 11.9 Å². The van der Waals surface area contributed by atoms with Crippen LogP contribution in [0.5, 0.6) is 5.75 Å². The van der Waals surface area contributed by atoms with E-state index in [0.29, 0.717) is 34.4 Å². The molecule has 3 heterocycles. The average molecular weight is 475 g/mol. The lowest BCUT2D eigenvalue weighted by Crippen LogP contribution is -2.49. The number of fused-ring (bicyclic) bond motifs is 2. The number of rotatable bonds is 5. The van der Waals surface area contributed by atoms with E-state index in [1.807, 2.05) is 24.3 Å². The fourth-order valence-electron chi connectivity index (χ4n) is 4.44. The molecule has 2 N–H and O–H groups in total. The Morgan fingerprint density at radius 1 is 1.12 bits per heavy atom. The van der Waals surface area contributed by atoms with Gasteiger partial charge in [-0.25, -0.2) is 0 Å². The van der Waals surface area contributed by atoms with E-state index in [1.54, 1.807) is 18.2 Å². The second-order valence-corrected chi connectivity index (χ2v) is 9.37. The molecule has 32 heavy (non-hydrogen) atoms. The van der Waals surface area contributed by atoms with E-state index in [9.17, 15) is 9.90 Å². The standard InChI is InChI=1S/C24H24Cl2N2O4/c25-16-3-4-20-15(9-16)11-23(31-20)24(30)27-18-5-7-28(8-6-18)13-19(29)22-10-14-1-2-17(26)12-21(14)32-22/h1-4,9-10,12,18-19,23,29H,5-8,11,13H2,(H,27,30). The van der Waals surface area contributed by atoms with Gasteiger partial charge in [0.15, 0.2) is 6.10 Å². The van der Waals surface area contributed by atoms with Crippen LogP contribution in [0.15, 0.2) is 46.9 Å². The lowest BCUT2D eigenvalue weighted by atomic mass is 10.0. The van der Waals surface area contributed by atoms with Gasteiger partial charge in [-0.05, 0) is 54.8 Å². The fraction of sp³-hybridized carbons (Fsp3) is 0.375. The molecule has 5 rings (SSSR count). The zero-order valence-corrected chi connectivity index (χ0v) is 18.9. The van der Waals surface area contributed by atoms with Gasteiger partial charge in [0, 0.05) is 53.6 Å². The number of aliphatic hydroxyl groups is 1. The Bertz CT molecular complexity index is 1140. The van der Waals surface area contributed by atoms with Gasteiger partial charge in [-0.2, -0.15) is 0 Å². The van der Waals surface area contributed by atoms with Gasteiger partial charge in [0.25, 0.3) is 5.91 Å². The van der Waals surface area contributed by atoms with Crippen molar-refractivity contribution in [2.45, 2.75) is 37.5 Å². The summed E-state index contributed by atoms with van der Waals surface area (Å²) in [6, 6.07) is 12.8. The summed E-state index contributed by atoms with van der Waals surface area (Å²) in [4.78, 5) is 14.9. The third kappa shape index (κ3) is 4.59. The largest absolute Gasteiger partial charge is 0.480 e. The number of benzene rings is 2. The third-order valence-electron chi connectivity index (χ3n) is 6.18. The fourth-order valence-corrected chi connectivity index (χ4v) is 4.80. The highest BCUT2D eigenvalue weighted by Crippen LogP contribution is 2.31. The zero-order valence-electron chi connectivity index (χ0n) is 17.4. The van der Waals surface area contributed by atoms with E-state index in [1.165, 1.54) is 0 Å². The Kier molecular flexibility index (Phi) is 6.03. The second-order valence-electron chi connectivity index (χ2n) is 8.49. The first-order valence-corrected chi connectivity index (χ1v) is 11.5. The van der Waals surface area contributed by atoms with Crippen LogP contribution in [-0.4, -0.2) is 47.7 Å². The van der Waals surface area contributed by atoms with Crippen molar-refractivity contribution >= 4 is 40.1 Å². The predicted octanol–water partition coefficient (Wildman–Crippen LogP) is 4.36. The van der Waals surface area contributed by atoms with Crippen LogP contribution in [0, 0.1) is 0 Å². The molecule has 2 aliphatic heterocycles. The maximum atomic E-state index is 12.7. The Morgan fingerprint density at radius 3 is 2.69 bits per heavy atom. The molecule has 2 aromatic carbocycles. The summed E-state index contributed by atoms with van der Waals surface area (Å²) in [5.41, 5.74) is 1.64. The molecule has 0 radical (unpaired) electrons. The number of amides is 1. The number of β-amino-alcohol motifs (C(OH)–C–C–N with tert-alkyl or cyclic N) is 1. The molecule has 8 heteroatoms. The number of hydrogen-bond acceptors (Lipinski definition) is 5. The topological polar surface area (TPSA) is 74.9 Å². The number of carbonyl (C=O) groups excluding carboxylic acids is 1. The van der Waals surface area contributed by atoms with Gasteiger partial charge in [0.1, 0.15) is 23.2 Å². The third-order valence-corrected chi connectivity index (χ3v) is 6.65. The number of likely N-dealkylation sites (tertiary alicyclic amines) is 1. The van der Waals surface area contributed by atoms with Crippen LogP contribution in [0.25, 0.3) is 11.0 Å². The molecule has 6 nitrogen and oxygen atoms in total. The number of furan rings is 1. The van der Waals surface area contributed by atoms with Gasteiger partial charge in [-0.1, -0.05) is 23.2 Å². The van der Waals surface area contributed by atoms with E-state index in [0.717, 1.165) is 42.6 Å². The van der Waals surface area contributed by atoms with Crippen LogP contribution in [-0.2, 0) is 11.2 Å². The number of halogens is 2. The van der Waals surface area contributed by atoms with Crippen LogP contribution in [0.3, 0.4) is 0 Å². The number of hydrogen-bond donors (Lipinski definition) is 2. The van der Waals surface area contributed by atoms with Crippen LogP contribution < -0.4 is 10.1 Å². The monoisotopic (exact) mass is 474 g/mol. The molecule has 0 aliphatic carbocycles. The molecule has 2 atom stereocenters. The summed E-state index contributed by atoms with van der Waals surface area (Å²) >= 11 is 12.0. The number of aliphatic hydroxyl groups excluding tert-OH is 1. The number of nitrogens with one attached hydrogen (secondary N) is 1. The van der Waals surface area contributed by atoms with Crippen molar-refractivity contribution < 1.29 is 19.1 Å². The number of piperidine rings is 1. The van der Waals surface area contributed by atoms with Crippen LogP contribution >= 0.6 is 23.2 Å². The molecule has 1 amide bonds. The summed E-state index contributed by atoms with van der Waals surface area (Å²) in [5.74, 6) is 1.18. The van der Waals surface area contributed by atoms with Crippen molar-refractivity contribution in [2.75, 3.05) is 19.6 Å². The summed E-state index contributed by atoms with van der Waals surface area (Å²) in [6.07, 6.45) is 0.948. The highest BCUT2D eigenvalue weighted by Gasteiger charge is 2.31. The molecule has 0 saturated carbocycles. The predicted molar refractivity (Wildman–Crippen MR) is 123 cm³/mol. The molecule has 2 unspecified atom stereocenters. The Labute approximate surface area is 196 Å². The SMILES string of the molecule is O=C(NC1CCN(CC(O)c2cc3ccc(Cl)cc3o2)CC1)C1Cc2cc(Cl)ccc2O1. The highest BCUT2D eigenvalue weighted by molar-refractivity contribution is 6.31. The van der Waals surface area contributed by atoms with E-state index in [2.05, 4.69) is 10.2 Å². The van der Waals surface area contributed by atoms with Crippen molar-refractivity contribution in [1.82, 2.24) is 10.2 Å². The Morgan fingerprint density at radius 2 is 1.88 bits per heavy atom. The molecule has 1 fully saturated rings. The minimum atomic E-state index is -0.718. The lowest BCUT2D eigenvalue weighted by Gasteiger charge is -2.33. The van der Waals surface area contributed by atoms with Crippen molar-refractivity contribution in [2.24, 2.45) is 0 Å². The van der Waals surface area contributed by atoms with E-state index < -0.39 is 12.2 Å². The number of ether oxygens (including phenoxy) is 1. The zero-order chi connectivity index (χ0) is 22.2. The number of nitrogens with zero attached hydrogens (tertiary/aromatic N) is 1. The van der Waals surface area contributed by atoms with Gasteiger partial charge >= 0.3 is 0 Å². The normalized spacial score (nSPS) is 20.2. The molecule has 0 spiro atoms. The van der Waals surface area contributed by atoms with Gasteiger partial charge < -0.3 is 24.5 Å². The first kappa shape index (κ1) is 21.6.